The molecule has 2 amide bonds. The maximum absolute atomic E-state index is 13.1. The Labute approximate surface area is 297 Å². The maximum atomic E-state index is 13.1. The summed E-state index contributed by atoms with van der Waals surface area (Å²) < 4.78 is 25.4. The Bertz CT molecular complexity index is 1890. The largest absolute Gasteiger partial charge is 0.490 e. The fraction of sp³-hybridized carbons (Fsp3) is 0.400. The molecule has 3 fully saturated rings. The van der Waals surface area contributed by atoms with Crippen LogP contribution in [-0.2, 0) is 34.6 Å². The van der Waals surface area contributed by atoms with Crippen molar-refractivity contribution < 1.29 is 23.5 Å². The number of amides is 2. The molecule has 2 saturated heterocycles. The molecule has 3 aliphatic heterocycles. The van der Waals surface area contributed by atoms with Crippen molar-refractivity contribution in [3.05, 3.63) is 107 Å². The molecular weight excluding hydrogens is 647 g/mol. The second-order valence-corrected chi connectivity index (χ2v) is 14.8. The van der Waals surface area contributed by atoms with Crippen LogP contribution in [-0.4, -0.2) is 69.0 Å². The fourth-order valence-corrected chi connectivity index (χ4v) is 7.48. The van der Waals surface area contributed by atoms with Gasteiger partial charge >= 0.3 is 0 Å². The number of imide groups is 1. The smallest absolute Gasteiger partial charge is 0.243 e. The average molecular weight is 691 g/mol. The number of hydrogen-bond donors (Lipinski definition) is 2. The molecule has 0 radical (unpaired) electrons. The summed E-state index contributed by atoms with van der Waals surface area (Å²) in [5.41, 5.74) is 5.70. The van der Waals surface area contributed by atoms with Crippen molar-refractivity contribution in [3.8, 4) is 17.2 Å². The average Bonchev–Trinajstić information content (AvgIpc) is 3.51. The van der Waals surface area contributed by atoms with Crippen LogP contribution in [0.1, 0.15) is 67.6 Å². The molecule has 1 atom stereocenters. The third-order valence-electron chi connectivity index (χ3n) is 10.7. The third kappa shape index (κ3) is 7.31. The zero-order valence-electron chi connectivity index (χ0n) is 29.0. The van der Waals surface area contributed by atoms with Gasteiger partial charge in [0.2, 0.25) is 11.8 Å². The number of nitrogens with zero attached hydrogens (tertiary/aromatic N) is 4. The zero-order valence-corrected chi connectivity index (χ0v) is 29.0. The summed E-state index contributed by atoms with van der Waals surface area (Å²) in [6, 6.07) is 23.1. The van der Waals surface area contributed by atoms with E-state index in [9.17, 15) is 14.0 Å². The van der Waals surface area contributed by atoms with Crippen LogP contribution in [0.3, 0.4) is 0 Å². The number of alkyl halides is 1. The van der Waals surface area contributed by atoms with Gasteiger partial charge in [0.25, 0.3) is 0 Å². The number of aromatic nitrogens is 2. The monoisotopic (exact) mass is 690 g/mol. The van der Waals surface area contributed by atoms with Crippen LogP contribution in [0.2, 0.25) is 0 Å². The summed E-state index contributed by atoms with van der Waals surface area (Å²) in [5.74, 6) is 2.44. The number of anilines is 1. The van der Waals surface area contributed by atoms with E-state index in [1.165, 1.54) is 22.3 Å². The number of nitrogens with one attached hydrogen (secondary N) is 2. The summed E-state index contributed by atoms with van der Waals surface area (Å²) in [5, 5.41) is 6.14. The van der Waals surface area contributed by atoms with Gasteiger partial charge in [-0.05, 0) is 65.1 Å². The summed E-state index contributed by atoms with van der Waals surface area (Å²) in [4.78, 5) is 36.8. The van der Waals surface area contributed by atoms with Gasteiger partial charge in [0, 0.05) is 62.6 Å². The normalized spacial score (nSPS) is 22.5. The summed E-state index contributed by atoms with van der Waals surface area (Å²) >= 11 is 0. The molecule has 264 valence electrons. The van der Waals surface area contributed by atoms with Crippen LogP contribution in [0, 0.1) is 0 Å². The van der Waals surface area contributed by atoms with Crippen molar-refractivity contribution in [2.24, 2.45) is 0 Å². The van der Waals surface area contributed by atoms with Crippen LogP contribution < -0.4 is 20.1 Å². The Morgan fingerprint density at radius 3 is 2.22 bits per heavy atom. The molecule has 10 nitrogen and oxygen atoms in total. The van der Waals surface area contributed by atoms with Crippen LogP contribution in [0.5, 0.6) is 17.2 Å². The molecule has 4 heterocycles. The van der Waals surface area contributed by atoms with Crippen molar-refractivity contribution in [3.63, 3.8) is 0 Å². The Morgan fingerprint density at radius 1 is 0.882 bits per heavy atom. The number of likely N-dealkylation sites (tertiary alicyclic amines) is 1. The minimum Gasteiger partial charge on any atom is -0.490 e. The van der Waals surface area contributed by atoms with Gasteiger partial charge in [-0.25, -0.2) is 14.4 Å². The Kier molecular flexibility index (Phi) is 8.93. The Balaban J connectivity index is 0.797. The van der Waals surface area contributed by atoms with Crippen LogP contribution in [0.4, 0.5) is 10.1 Å². The van der Waals surface area contributed by atoms with E-state index in [0.29, 0.717) is 55.8 Å². The van der Waals surface area contributed by atoms with E-state index in [2.05, 4.69) is 93.9 Å². The highest BCUT2D eigenvalue weighted by molar-refractivity contribution is 6.00. The number of carbonyl (C=O) groups excluding carboxylic acids is 2. The SMILES string of the molecule is CC(C)(c1ccc(Oc2cnc(CN3CC(F)C3)nc2)cc1)c1ccc(OC2CC(Nc3ccc4c(c3)CN(C3CCC(=O)NC3=O)C4)C2)cc1. The van der Waals surface area contributed by atoms with Crippen LogP contribution in [0.25, 0.3) is 0 Å². The molecule has 2 N–H and O–H groups in total. The molecular formula is C40H43FN6O4. The van der Waals surface area contributed by atoms with Crippen molar-refractivity contribution in [2.75, 3.05) is 18.4 Å². The minimum absolute atomic E-state index is 0.164. The lowest BCUT2D eigenvalue weighted by Crippen LogP contribution is -2.50. The lowest BCUT2D eigenvalue weighted by Gasteiger charge is -2.36. The predicted octanol–water partition coefficient (Wildman–Crippen LogP) is 5.89. The van der Waals surface area contributed by atoms with E-state index in [0.717, 1.165) is 37.4 Å². The lowest BCUT2D eigenvalue weighted by atomic mass is 9.78. The fourth-order valence-electron chi connectivity index (χ4n) is 7.48. The lowest BCUT2D eigenvalue weighted by molar-refractivity contribution is -0.137. The molecule has 4 aliphatic rings. The van der Waals surface area contributed by atoms with Gasteiger partial charge in [-0.3, -0.25) is 24.7 Å². The first-order chi connectivity index (χ1) is 24.6. The molecule has 3 aromatic carbocycles. The number of piperidine rings is 1. The number of fused-ring (bicyclic) bond motifs is 1. The van der Waals surface area contributed by atoms with Crippen LogP contribution in [0.15, 0.2) is 79.1 Å². The first kappa shape index (κ1) is 33.3. The molecule has 11 heteroatoms. The molecule has 1 aromatic heterocycles. The minimum atomic E-state index is -0.738. The first-order valence-corrected chi connectivity index (χ1v) is 17.8. The van der Waals surface area contributed by atoms with Crippen molar-refractivity contribution >= 4 is 17.5 Å². The zero-order chi connectivity index (χ0) is 35.1. The van der Waals surface area contributed by atoms with Gasteiger partial charge in [0.15, 0.2) is 5.75 Å². The number of halogens is 1. The van der Waals surface area contributed by atoms with Crippen molar-refractivity contribution in [1.82, 2.24) is 25.1 Å². The summed E-state index contributed by atoms with van der Waals surface area (Å²) in [6.07, 6.45) is 5.58. The second-order valence-electron chi connectivity index (χ2n) is 14.8. The third-order valence-corrected chi connectivity index (χ3v) is 10.7. The van der Waals surface area contributed by atoms with E-state index in [-0.39, 0.29) is 29.4 Å². The molecule has 1 aliphatic carbocycles. The number of ether oxygens (including phenoxy) is 2. The van der Waals surface area contributed by atoms with E-state index < -0.39 is 6.17 Å². The second kappa shape index (κ2) is 13.7. The molecule has 4 aromatic rings. The molecule has 1 saturated carbocycles. The van der Waals surface area contributed by atoms with Gasteiger partial charge in [0.1, 0.15) is 29.6 Å². The predicted molar refractivity (Wildman–Crippen MR) is 190 cm³/mol. The van der Waals surface area contributed by atoms with E-state index >= 15 is 0 Å². The number of hydrogen-bond acceptors (Lipinski definition) is 9. The topological polar surface area (TPSA) is 109 Å². The first-order valence-electron chi connectivity index (χ1n) is 17.8. The molecule has 1 unspecified atom stereocenters. The molecule has 51 heavy (non-hydrogen) atoms. The highest BCUT2D eigenvalue weighted by Crippen LogP contribution is 2.36. The van der Waals surface area contributed by atoms with Gasteiger partial charge in [-0.15, -0.1) is 0 Å². The Hall–Kier alpha value is -4.87. The van der Waals surface area contributed by atoms with E-state index in [4.69, 9.17) is 9.47 Å². The molecule has 0 bridgehead atoms. The van der Waals surface area contributed by atoms with Gasteiger partial charge in [-0.2, -0.15) is 0 Å². The summed E-state index contributed by atoms with van der Waals surface area (Å²) in [6.45, 7) is 7.30. The van der Waals surface area contributed by atoms with Crippen molar-refractivity contribution in [2.45, 2.75) is 88.9 Å². The van der Waals surface area contributed by atoms with Gasteiger partial charge in [0.05, 0.1) is 25.0 Å². The van der Waals surface area contributed by atoms with E-state index in [1.54, 1.807) is 12.4 Å². The number of rotatable bonds is 11. The van der Waals surface area contributed by atoms with Crippen molar-refractivity contribution in [1.29, 1.82) is 0 Å². The summed E-state index contributed by atoms with van der Waals surface area (Å²) in [7, 11) is 0. The Morgan fingerprint density at radius 2 is 1.55 bits per heavy atom. The molecule has 0 spiro atoms. The van der Waals surface area contributed by atoms with Crippen LogP contribution >= 0.6 is 0 Å². The van der Waals surface area contributed by atoms with Gasteiger partial charge in [-0.1, -0.05) is 44.2 Å². The standard InChI is InChI=1S/C40H43FN6O4/c1-40(2,28-6-11-33(12-7-28)51-35-18-42-37(43-19-35)24-46-22-29(41)23-46)27-4-9-32(10-5-27)50-34-16-31(17-34)44-30-8-3-25-20-47(21-26(25)15-30)36-13-14-38(48)45-39(36)49/h3-12,15,18-19,29,31,34,36,44H,13-14,16-17,20-24H2,1-2H3,(H,45,48,49). The highest BCUT2D eigenvalue weighted by Gasteiger charge is 2.36. The number of carbonyl (C=O) groups is 2. The van der Waals surface area contributed by atoms with Gasteiger partial charge < -0.3 is 14.8 Å². The number of benzene rings is 3. The molecule has 8 rings (SSSR count). The van der Waals surface area contributed by atoms with E-state index in [1.807, 2.05) is 17.0 Å². The highest BCUT2D eigenvalue weighted by atomic mass is 19.1. The maximum Gasteiger partial charge on any atom is 0.243 e. The quantitative estimate of drug-likeness (QED) is 0.186.